The van der Waals surface area contributed by atoms with E-state index in [2.05, 4.69) is 15.0 Å². The van der Waals surface area contributed by atoms with Crippen LogP contribution in [0.1, 0.15) is 18.7 Å². The van der Waals surface area contributed by atoms with Gasteiger partial charge in [-0.3, -0.25) is 4.79 Å². The van der Waals surface area contributed by atoms with Gasteiger partial charge >= 0.3 is 0 Å². The average Bonchev–Trinajstić information content (AvgIpc) is 2.69. The topological polar surface area (TPSA) is 96.3 Å². The van der Waals surface area contributed by atoms with Gasteiger partial charge in [-0.1, -0.05) is 0 Å². The molecule has 1 aliphatic heterocycles. The Morgan fingerprint density at radius 3 is 2.86 bits per heavy atom. The van der Waals surface area contributed by atoms with Gasteiger partial charge in [0.05, 0.1) is 0 Å². The van der Waals surface area contributed by atoms with Crippen molar-refractivity contribution >= 4 is 15.9 Å². The Morgan fingerprint density at radius 2 is 2.18 bits per heavy atom. The molecule has 22 heavy (non-hydrogen) atoms. The SMILES string of the molecule is Cc1nc(S(=O)(=O)NCCC(=O)N2CCCNCC2)cn1C. The zero-order chi connectivity index (χ0) is 16.2. The van der Waals surface area contributed by atoms with Crippen LogP contribution in [-0.2, 0) is 21.9 Å². The molecule has 0 radical (unpaired) electrons. The van der Waals surface area contributed by atoms with Crippen molar-refractivity contribution in [3.05, 3.63) is 12.0 Å². The van der Waals surface area contributed by atoms with Crippen LogP contribution in [-0.4, -0.2) is 61.5 Å². The van der Waals surface area contributed by atoms with Gasteiger partial charge in [-0.2, -0.15) is 0 Å². The summed E-state index contributed by atoms with van der Waals surface area (Å²) in [5.74, 6) is 0.595. The average molecular weight is 329 g/mol. The highest BCUT2D eigenvalue weighted by atomic mass is 32.2. The quantitative estimate of drug-likeness (QED) is 0.739. The summed E-state index contributed by atoms with van der Waals surface area (Å²) in [6.45, 7) is 4.90. The van der Waals surface area contributed by atoms with E-state index in [4.69, 9.17) is 0 Å². The lowest BCUT2D eigenvalue weighted by Crippen LogP contribution is -2.36. The summed E-state index contributed by atoms with van der Waals surface area (Å²) in [5, 5.41) is 3.21. The van der Waals surface area contributed by atoms with E-state index in [9.17, 15) is 13.2 Å². The van der Waals surface area contributed by atoms with Crippen molar-refractivity contribution in [2.24, 2.45) is 7.05 Å². The molecule has 2 N–H and O–H groups in total. The molecule has 0 aliphatic carbocycles. The largest absolute Gasteiger partial charge is 0.341 e. The van der Waals surface area contributed by atoms with Crippen LogP contribution < -0.4 is 10.0 Å². The van der Waals surface area contributed by atoms with E-state index in [1.54, 1.807) is 23.4 Å². The number of carbonyl (C=O) groups excluding carboxylic acids is 1. The first-order chi connectivity index (χ1) is 10.4. The van der Waals surface area contributed by atoms with Gasteiger partial charge in [0.15, 0.2) is 5.03 Å². The number of imidazole rings is 1. The zero-order valence-corrected chi connectivity index (χ0v) is 13.8. The van der Waals surface area contributed by atoms with Crippen LogP contribution in [0, 0.1) is 6.92 Å². The molecule has 1 aliphatic rings. The summed E-state index contributed by atoms with van der Waals surface area (Å²) in [4.78, 5) is 17.8. The Labute approximate surface area is 130 Å². The van der Waals surface area contributed by atoms with Gasteiger partial charge in [0.2, 0.25) is 5.91 Å². The number of hydrogen-bond acceptors (Lipinski definition) is 5. The van der Waals surface area contributed by atoms with Crippen LogP contribution in [0.25, 0.3) is 0 Å². The third kappa shape index (κ3) is 4.28. The molecule has 8 nitrogen and oxygen atoms in total. The van der Waals surface area contributed by atoms with E-state index in [-0.39, 0.29) is 23.9 Å². The Morgan fingerprint density at radius 1 is 1.41 bits per heavy atom. The second-order valence-electron chi connectivity index (χ2n) is 5.37. The van der Waals surface area contributed by atoms with Crippen molar-refractivity contribution in [2.75, 3.05) is 32.7 Å². The molecule has 0 bridgehead atoms. The van der Waals surface area contributed by atoms with Crippen LogP contribution in [0.2, 0.25) is 0 Å². The maximum Gasteiger partial charge on any atom is 0.259 e. The van der Waals surface area contributed by atoms with Crippen molar-refractivity contribution < 1.29 is 13.2 Å². The van der Waals surface area contributed by atoms with E-state index < -0.39 is 10.0 Å². The molecule has 1 aromatic heterocycles. The lowest BCUT2D eigenvalue weighted by atomic mass is 10.3. The summed E-state index contributed by atoms with van der Waals surface area (Å²) < 4.78 is 28.3. The van der Waals surface area contributed by atoms with Gasteiger partial charge < -0.3 is 14.8 Å². The minimum atomic E-state index is -3.66. The fourth-order valence-corrected chi connectivity index (χ4v) is 3.34. The first-order valence-electron chi connectivity index (χ1n) is 7.38. The van der Waals surface area contributed by atoms with Crippen molar-refractivity contribution in [1.82, 2.24) is 24.5 Å². The molecule has 2 heterocycles. The number of nitrogens with one attached hydrogen (secondary N) is 2. The lowest BCUT2D eigenvalue weighted by molar-refractivity contribution is -0.130. The monoisotopic (exact) mass is 329 g/mol. The van der Waals surface area contributed by atoms with E-state index in [1.807, 2.05) is 0 Å². The molecule has 124 valence electrons. The van der Waals surface area contributed by atoms with Crippen LogP contribution >= 0.6 is 0 Å². The highest BCUT2D eigenvalue weighted by Gasteiger charge is 2.20. The normalized spacial score (nSPS) is 16.5. The molecule has 1 fully saturated rings. The highest BCUT2D eigenvalue weighted by Crippen LogP contribution is 2.07. The first-order valence-corrected chi connectivity index (χ1v) is 8.86. The van der Waals surface area contributed by atoms with Crippen molar-refractivity contribution in [3.63, 3.8) is 0 Å². The molecular formula is C13H23N5O3S. The van der Waals surface area contributed by atoms with Crippen LogP contribution in [0.3, 0.4) is 0 Å². The number of aromatic nitrogens is 2. The number of amides is 1. The number of rotatable bonds is 5. The summed E-state index contributed by atoms with van der Waals surface area (Å²) in [6.07, 6.45) is 2.54. The van der Waals surface area contributed by atoms with Crippen LogP contribution in [0.5, 0.6) is 0 Å². The summed E-state index contributed by atoms with van der Waals surface area (Å²) in [6, 6.07) is 0. The van der Waals surface area contributed by atoms with E-state index in [0.717, 1.165) is 26.1 Å². The van der Waals surface area contributed by atoms with Crippen molar-refractivity contribution in [3.8, 4) is 0 Å². The molecule has 1 aromatic rings. The van der Waals surface area contributed by atoms with Crippen LogP contribution in [0.4, 0.5) is 0 Å². The van der Waals surface area contributed by atoms with Gasteiger partial charge in [0, 0.05) is 45.8 Å². The fraction of sp³-hybridized carbons (Fsp3) is 0.692. The second kappa shape index (κ2) is 7.21. The maximum atomic E-state index is 12.1. The van der Waals surface area contributed by atoms with Crippen LogP contribution in [0.15, 0.2) is 11.2 Å². The van der Waals surface area contributed by atoms with Crippen molar-refractivity contribution in [2.45, 2.75) is 24.8 Å². The van der Waals surface area contributed by atoms with Gasteiger partial charge in [-0.15, -0.1) is 0 Å². The molecular weight excluding hydrogens is 306 g/mol. The molecule has 0 unspecified atom stereocenters. The summed E-state index contributed by atoms with van der Waals surface area (Å²) in [7, 11) is -1.93. The number of sulfonamides is 1. The van der Waals surface area contributed by atoms with Crippen molar-refractivity contribution in [1.29, 1.82) is 0 Å². The van der Waals surface area contributed by atoms with Gasteiger partial charge in [-0.05, 0) is 19.9 Å². The fourth-order valence-electron chi connectivity index (χ4n) is 2.28. The molecule has 0 spiro atoms. The van der Waals surface area contributed by atoms with E-state index >= 15 is 0 Å². The Balaban J connectivity index is 1.85. The number of nitrogens with zero attached hydrogens (tertiary/aromatic N) is 3. The van der Waals surface area contributed by atoms with E-state index in [1.165, 1.54) is 6.20 Å². The first kappa shape index (κ1) is 16.9. The minimum absolute atomic E-state index is 0.0149. The lowest BCUT2D eigenvalue weighted by Gasteiger charge is -2.19. The molecule has 1 amide bonds. The third-order valence-electron chi connectivity index (χ3n) is 3.69. The number of hydrogen-bond donors (Lipinski definition) is 2. The second-order valence-corrected chi connectivity index (χ2v) is 7.08. The molecule has 0 saturated carbocycles. The predicted octanol–water partition coefficient (Wildman–Crippen LogP) is -0.781. The van der Waals surface area contributed by atoms with Gasteiger partial charge in [0.1, 0.15) is 5.82 Å². The Kier molecular flexibility index (Phi) is 5.54. The highest BCUT2D eigenvalue weighted by molar-refractivity contribution is 7.89. The molecule has 2 rings (SSSR count). The number of carbonyl (C=O) groups is 1. The molecule has 0 aromatic carbocycles. The minimum Gasteiger partial charge on any atom is -0.341 e. The molecule has 9 heteroatoms. The summed E-state index contributed by atoms with van der Waals surface area (Å²) >= 11 is 0. The molecule has 1 saturated heterocycles. The number of aryl methyl sites for hydroxylation is 2. The Hall–Kier alpha value is -1.45. The summed E-state index contributed by atoms with van der Waals surface area (Å²) in [5.41, 5.74) is 0. The van der Waals surface area contributed by atoms with Gasteiger partial charge in [0.25, 0.3) is 10.0 Å². The predicted molar refractivity (Wildman–Crippen MR) is 81.8 cm³/mol. The van der Waals surface area contributed by atoms with E-state index in [0.29, 0.717) is 12.4 Å². The Bertz CT molecular complexity index is 598. The van der Waals surface area contributed by atoms with Gasteiger partial charge in [-0.25, -0.2) is 18.1 Å². The smallest absolute Gasteiger partial charge is 0.259 e. The standard InChI is InChI=1S/C13H23N5O3S/c1-11-16-12(10-17(11)2)22(20,21)15-6-4-13(19)18-8-3-5-14-7-9-18/h10,14-15H,3-9H2,1-2H3. The zero-order valence-electron chi connectivity index (χ0n) is 13.0. The maximum absolute atomic E-state index is 12.1. The molecule has 0 atom stereocenters. The third-order valence-corrected chi connectivity index (χ3v) is 5.02.